The number of unbranched alkanes of at least 4 members (excludes halogenated alkanes) is 2. The minimum Gasteiger partial charge on any atom is -0.381 e. The largest absolute Gasteiger partial charge is 0.381 e. The maximum absolute atomic E-state index is 11.6. The molecule has 2 N–H and O–H groups in total. The quantitative estimate of drug-likeness (QED) is 0.379. The standard InChI is InChI=1S/C4H4O5S.C4H6O5.2C4H9.Sn/c5-2-1-3(6)8-10-9-4(2)7;5-2(4(8)9)1-3(6)7;2*1-3-4-2;/h2,5H,1H2;2,5H,1H2,(H,6,7)(H,8,9);2*1,3-4H2,2H3;/q;;;;+2/p-2. The molecule has 0 aromatic heterocycles. The summed E-state index contributed by atoms with van der Waals surface area (Å²) in [6, 6.07) is 0. The van der Waals surface area contributed by atoms with Crippen molar-refractivity contribution in [3.05, 3.63) is 0 Å². The molecule has 0 radical (unpaired) electrons. The summed E-state index contributed by atoms with van der Waals surface area (Å²) in [7, 11) is 0. The Morgan fingerprint density at radius 2 is 1.39 bits per heavy atom. The monoisotopic (exact) mass is 530 g/mol. The van der Waals surface area contributed by atoms with Gasteiger partial charge in [-0.15, -0.1) is 0 Å². The Balaban J connectivity index is 0.000000330. The molecule has 2 heterocycles. The molecular formula is C16H26O10SSn. The van der Waals surface area contributed by atoms with Crippen molar-refractivity contribution in [2.45, 2.75) is 73.5 Å². The van der Waals surface area contributed by atoms with Crippen LogP contribution in [0, 0.1) is 0 Å². The summed E-state index contributed by atoms with van der Waals surface area (Å²) in [6.07, 6.45) is 0.404. The van der Waals surface area contributed by atoms with Crippen molar-refractivity contribution in [2.75, 3.05) is 0 Å². The van der Waals surface area contributed by atoms with Crippen LogP contribution >= 0.6 is 12.3 Å². The molecule has 0 amide bonds. The number of aliphatic hydroxyl groups excluding tert-OH is 2. The van der Waals surface area contributed by atoms with Gasteiger partial charge in [-0.2, -0.15) is 0 Å². The van der Waals surface area contributed by atoms with Crippen LogP contribution in [0.2, 0.25) is 8.87 Å². The third-order valence-electron chi connectivity index (χ3n) is 3.92. The molecule has 2 saturated heterocycles. The van der Waals surface area contributed by atoms with Crippen LogP contribution in [0.25, 0.3) is 0 Å². The summed E-state index contributed by atoms with van der Waals surface area (Å²) < 4.78 is 20.8. The normalized spacial score (nSPS) is 24.4. The third-order valence-corrected chi connectivity index (χ3v) is 14.1. The fraction of sp³-hybridized carbons (Fsp3) is 0.750. The summed E-state index contributed by atoms with van der Waals surface area (Å²) >= 11 is -3.36. The Morgan fingerprint density at radius 3 is 1.96 bits per heavy atom. The topological polar surface area (TPSA) is 146 Å². The maximum Gasteiger partial charge on any atom is 0.350 e. The van der Waals surface area contributed by atoms with Gasteiger partial charge in [0.1, 0.15) is 0 Å². The third kappa shape index (κ3) is 8.53. The fourth-order valence-corrected chi connectivity index (χ4v) is 12.7. The summed E-state index contributed by atoms with van der Waals surface area (Å²) in [4.78, 5) is 44.1. The van der Waals surface area contributed by atoms with Gasteiger partial charge < -0.3 is 13.5 Å². The van der Waals surface area contributed by atoms with Gasteiger partial charge in [-0.25, -0.2) is 4.79 Å². The minimum atomic E-state index is -3.64. The molecule has 0 aromatic carbocycles. The average Bonchev–Trinajstić information content (AvgIpc) is 2.84. The molecule has 0 aromatic rings. The number of hydrogen-bond donors (Lipinski definition) is 2. The van der Waals surface area contributed by atoms with Gasteiger partial charge in [-0.05, 0) is 0 Å². The maximum atomic E-state index is 11.6. The zero-order valence-electron chi connectivity index (χ0n) is 15.9. The molecular weight excluding hydrogens is 503 g/mol. The van der Waals surface area contributed by atoms with Crippen LogP contribution in [0.4, 0.5) is 0 Å². The molecule has 2 fully saturated rings. The second-order valence-corrected chi connectivity index (χ2v) is 16.1. The van der Waals surface area contributed by atoms with Crippen molar-refractivity contribution < 1.29 is 43.9 Å². The number of aliphatic hydroxyl groups is 2. The molecule has 2 aliphatic heterocycles. The molecule has 12 heteroatoms. The summed E-state index contributed by atoms with van der Waals surface area (Å²) in [5.74, 6) is -2.65. The van der Waals surface area contributed by atoms with E-state index in [1.54, 1.807) is 0 Å². The van der Waals surface area contributed by atoms with E-state index >= 15 is 0 Å². The van der Waals surface area contributed by atoms with Crippen molar-refractivity contribution in [3.8, 4) is 0 Å². The Bertz CT molecular complexity index is 562. The second-order valence-electron chi connectivity index (χ2n) is 6.38. The number of hydrogen-bond acceptors (Lipinski definition) is 11. The van der Waals surface area contributed by atoms with Crippen LogP contribution in [-0.4, -0.2) is 65.5 Å². The molecule has 2 atom stereocenters. The van der Waals surface area contributed by atoms with Gasteiger partial charge in [-0.3, -0.25) is 4.79 Å². The summed E-state index contributed by atoms with van der Waals surface area (Å²) in [5, 5.41) is 18.2. The molecule has 160 valence electrons. The predicted octanol–water partition coefficient (Wildman–Crippen LogP) is 1.28. The van der Waals surface area contributed by atoms with Crippen LogP contribution in [0.5, 0.6) is 0 Å². The Kier molecular flexibility index (Phi) is 11.2. The molecule has 0 aliphatic carbocycles. The van der Waals surface area contributed by atoms with Crippen LogP contribution in [0.15, 0.2) is 0 Å². The van der Waals surface area contributed by atoms with Crippen molar-refractivity contribution in [3.63, 3.8) is 0 Å². The SMILES string of the molecule is CCC[CH2][Sn]1([CH2]CCC)[O]C(=O)CC(O)C(=O)[O]1.O=C1CC(O)C(=O)OSO1. The molecule has 0 saturated carbocycles. The molecule has 2 aliphatic rings. The van der Waals surface area contributed by atoms with E-state index in [2.05, 4.69) is 22.2 Å². The number of rotatable bonds is 6. The first-order valence-corrected chi connectivity index (χ1v) is 16.1. The van der Waals surface area contributed by atoms with E-state index in [1.807, 2.05) is 0 Å². The van der Waals surface area contributed by atoms with Gasteiger partial charge in [0.25, 0.3) is 12.3 Å². The Hall–Kier alpha value is -1.05. The van der Waals surface area contributed by atoms with Gasteiger partial charge in [0.2, 0.25) is 0 Å². The van der Waals surface area contributed by atoms with Crippen molar-refractivity contribution in [1.29, 1.82) is 0 Å². The first kappa shape index (κ1) is 25.0. The average molecular weight is 529 g/mol. The summed E-state index contributed by atoms with van der Waals surface area (Å²) in [5.41, 5.74) is 0. The van der Waals surface area contributed by atoms with Gasteiger partial charge in [0.15, 0.2) is 6.10 Å². The molecule has 10 nitrogen and oxygen atoms in total. The molecule has 2 unspecified atom stereocenters. The van der Waals surface area contributed by atoms with Crippen LogP contribution in [0.1, 0.15) is 52.4 Å². The van der Waals surface area contributed by atoms with Gasteiger partial charge in [0, 0.05) is 0 Å². The van der Waals surface area contributed by atoms with Crippen molar-refractivity contribution in [1.82, 2.24) is 0 Å². The number of carbonyl (C=O) groups excluding carboxylic acids is 4. The van der Waals surface area contributed by atoms with Gasteiger partial charge in [0.05, 0.1) is 6.42 Å². The van der Waals surface area contributed by atoms with Crippen molar-refractivity contribution >= 4 is 55.4 Å². The Morgan fingerprint density at radius 1 is 0.857 bits per heavy atom. The van der Waals surface area contributed by atoms with E-state index in [1.165, 1.54) is 0 Å². The first-order valence-electron chi connectivity index (χ1n) is 9.11. The van der Waals surface area contributed by atoms with Crippen LogP contribution in [0.3, 0.4) is 0 Å². The van der Waals surface area contributed by atoms with Crippen LogP contribution in [-0.2, 0) is 33.7 Å². The minimum absolute atomic E-state index is 0.268. The molecule has 0 spiro atoms. The first-order chi connectivity index (χ1) is 13.2. The fourth-order valence-electron chi connectivity index (χ4n) is 2.40. The smallest absolute Gasteiger partial charge is 0.350 e. The van der Waals surface area contributed by atoms with Gasteiger partial charge >= 0.3 is 125 Å². The zero-order chi connectivity index (χ0) is 21.2. The molecule has 28 heavy (non-hydrogen) atoms. The second kappa shape index (κ2) is 12.5. The van der Waals surface area contributed by atoms with E-state index in [-0.39, 0.29) is 25.2 Å². The van der Waals surface area contributed by atoms with Crippen molar-refractivity contribution in [2.24, 2.45) is 0 Å². The molecule has 2 rings (SSSR count). The van der Waals surface area contributed by atoms with E-state index < -0.39 is 55.3 Å². The van der Waals surface area contributed by atoms with E-state index in [0.717, 1.165) is 25.7 Å². The molecule has 0 bridgehead atoms. The Labute approximate surface area is 172 Å². The zero-order valence-corrected chi connectivity index (χ0v) is 19.6. The van der Waals surface area contributed by atoms with E-state index in [9.17, 15) is 24.3 Å². The van der Waals surface area contributed by atoms with Gasteiger partial charge in [-0.1, -0.05) is 0 Å². The predicted molar refractivity (Wildman–Crippen MR) is 98.4 cm³/mol. The van der Waals surface area contributed by atoms with E-state index in [4.69, 9.17) is 11.3 Å². The number of carbonyl (C=O) groups is 4. The van der Waals surface area contributed by atoms with Crippen LogP contribution < -0.4 is 0 Å². The summed E-state index contributed by atoms with van der Waals surface area (Å²) in [6.45, 7) is 4.10. The van der Waals surface area contributed by atoms with E-state index in [0.29, 0.717) is 8.87 Å².